The standard InChI is InChI=1S/C21H14F3N3O/c1-12-8-9-27-18(10-12)25-19(15-11-13(22)6-7-17(15)24)20(27)26-21(28)14-4-2-3-5-16(14)23/h2-11H,1H3,(H,26,28). The van der Waals surface area contributed by atoms with Gasteiger partial charge in [0.25, 0.3) is 5.91 Å². The van der Waals surface area contributed by atoms with Gasteiger partial charge in [-0.1, -0.05) is 12.1 Å². The second kappa shape index (κ2) is 6.84. The van der Waals surface area contributed by atoms with Crippen molar-refractivity contribution in [1.29, 1.82) is 0 Å². The number of aromatic nitrogens is 2. The number of anilines is 1. The van der Waals surface area contributed by atoms with E-state index in [1.165, 1.54) is 28.7 Å². The Labute approximate surface area is 158 Å². The minimum Gasteiger partial charge on any atom is -0.306 e. The van der Waals surface area contributed by atoms with Crippen LogP contribution in [0, 0.1) is 24.4 Å². The van der Waals surface area contributed by atoms with Gasteiger partial charge < -0.3 is 5.32 Å². The zero-order chi connectivity index (χ0) is 19.8. The van der Waals surface area contributed by atoms with Crippen molar-refractivity contribution in [3.63, 3.8) is 0 Å². The first-order valence-electron chi connectivity index (χ1n) is 8.44. The molecule has 0 atom stereocenters. The molecule has 1 N–H and O–H groups in total. The van der Waals surface area contributed by atoms with Crippen LogP contribution in [0.2, 0.25) is 0 Å². The van der Waals surface area contributed by atoms with Crippen LogP contribution in [0.15, 0.2) is 60.8 Å². The van der Waals surface area contributed by atoms with Crippen molar-refractivity contribution in [3.05, 3.63) is 89.4 Å². The molecule has 0 unspecified atom stereocenters. The third-order valence-electron chi connectivity index (χ3n) is 4.32. The summed E-state index contributed by atoms with van der Waals surface area (Å²) in [5.74, 6) is -2.63. The summed E-state index contributed by atoms with van der Waals surface area (Å²) in [6.45, 7) is 1.86. The van der Waals surface area contributed by atoms with Gasteiger partial charge in [0.15, 0.2) is 0 Å². The van der Waals surface area contributed by atoms with Crippen LogP contribution >= 0.6 is 0 Å². The number of carbonyl (C=O) groups is 1. The second-order valence-electron chi connectivity index (χ2n) is 6.30. The van der Waals surface area contributed by atoms with Gasteiger partial charge >= 0.3 is 0 Å². The average molecular weight is 381 g/mol. The van der Waals surface area contributed by atoms with Crippen LogP contribution in [0.4, 0.5) is 19.0 Å². The maximum Gasteiger partial charge on any atom is 0.259 e. The predicted octanol–water partition coefficient (Wildman–Crippen LogP) is 4.98. The number of fused-ring (bicyclic) bond motifs is 1. The fourth-order valence-corrected chi connectivity index (χ4v) is 2.95. The molecule has 2 heterocycles. The SMILES string of the molecule is Cc1ccn2c(NC(=O)c3ccccc3F)c(-c3cc(F)ccc3F)nc2c1. The van der Waals surface area contributed by atoms with Crippen LogP contribution < -0.4 is 5.32 Å². The molecule has 4 aromatic rings. The summed E-state index contributed by atoms with van der Waals surface area (Å²) in [7, 11) is 0. The van der Waals surface area contributed by atoms with E-state index in [0.717, 1.165) is 23.8 Å². The fourth-order valence-electron chi connectivity index (χ4n) is 2.95. The summed E-state index contributed by atoms with van der Waals surface area (Å²) < 4.78 is 43.6. The summed E-state index contributed by atoms with van der Waals surface area (Å²) in [6, 6.07) is 12.0. The number of pyridine rings is 1. The van der Waals surface area contributed by atoms with Crippen LogP contribution in [-0.4, -0.2) is 15.3 Å². The second-order valence-corrected chi connectivity index (χ2v) is 6.30. The number of nitrogens with one attached hydrogen (secondary N) is 1. The Bertz CT molecular complexity index is 1220. The van der Waals surface area contributed by atoms with E-state index in [9.17, 15) is 18.0 Å². The van der Waals surface area contributed by atoms with Crippen molar-refractivity contribution >= 4 is 17.4 Å². The van der Waals surface area contributed by atoms with E-state index in [4.69, 9.17) is 0 Å². The first-order chi connectivity index (χ1) is 13.4. The van der Waals surface area contributed by atoms with E-state index in [1.54, 1.807) is 18.3 Å². The number of rotatable bonds is 3. The van der Waals surface area contributed by atoms with E-state index >= 15 is 0 Å². The lowest BCUT2D eigenvalue weighted by molar-refractivity contribution is 0.102. The average Bonchev–Trinajstić information content (AvgIpc) is 3.01. The molecule has 0 aliphatic rings. The number of aryl methyl sites for hydroxylation is 1. The first-order valence-corrected chi connectivity index (χ1v) is 8.44. The smallest absolute Gasteiger partial charge is 0.259 e. The summed E-state index contributed by atoms with van der Waals surface area (Å²) in [5.41, 5.74) is 1.10. The largest absolute Gasteiger partial charge is 0.306 e. The first kappa shape index (κ1) is 17.8. The normalized spacial score (nSPS) is 11.0. The number of hydrogen-bond donors (Lipinski definition) is 1. The Kier molecular flexibility index (Phi) is 4.35. The molecule has 0 aliphatic heterocycles. The van der Waals surface area contributed by atoms with Crippen LogP contribution in [0.3, 0.4) is 0 Å². The molecule has 0 spiro atoms. The van der Waals surface area contributed by atoms with Crippen molar-refractivity contribution in [2.24, 2.45) is 0 Å². The summed E-state index contributed by atoms with van der Waals surface area (Å²) in [4.78, 5) is 17.0. The zero-order valence-electron chi connectivity index (χ0n) is 14.7. The van der Waals surface area contributed by atoms with Crippen LogP contribution in [-0.2, 0) is 0 Å². The third-order valence-corrected chi connectivity index (χ3v) is 4.32. The van der Waals surface area contributed by atoms with Gasteiger partial charge in [-0.25, -0.2) is 18.2 Å². The van der Waals surface area contributed by atoms with Gasteiger partial charge in [0.2, 0.25) is 0 Å². The molecule has 0 saturated heterocycles. The molecule has 0 bridgehead atoms. The maximum absolute atomic E-state index is 14.4. The van der Waals surface area contributed by atoms with Crippen LogP contribution in [0.5, 0.6) is 0 Å². The highest BCUT2D eigenvalue weighted by molar-refractivity contribution is 6.06. The summed E-state index contributed by atoms with van der Waals surface area (Å²) >= 11 is 0. The lowest BCUT2D eigenvalue weighted by Gasteiger charge is -2.09. The van der Waals surface area contributed by atoms with Gasteiger partial charge in [-0.3, -0.25) is 9.20 Å². The molecule has 0 aliphatic carbocycles. The minimum absolute atomic E-state index is 0.0484. The predicted molar refractivity (Wildman–Crippen MR) is 99.6 cm³/mol. The Hall–Kier alpha value is -3.61. The maximum atomic E-state index is 14.4. The van der Waals surface area contributed by atoms with E-state index in [-0.39, 0.29) is 22.6 Å². The third kappa shape index (κ3) is 3.11. The molecule has 4 rings (SSSR count). The highest BCUT2D eigenvalue weighted by Crippen LogP contribution is 2.32. The molecule has 0 fully saturated rings. The Morgan fingerprint density at radius 1 is 1.00 bits per heavy atom. The molecular weight excluding hydrogens is 367 g/mol. The van der Waals surface area contributed by atoms with E-state index < -0.39 is 23.4 Å². The summed E-state index contributed by atoms with van der Waals surface area (Å²) in [6.07, 6.45) is 1.65. The number of amides is 1. The van der Waals surface area contributed by atoms with Crippen LogP contribution in [0.25, 0.3) is 16.9 Å². The van der Waals surface area contributed by atoms with E-state index in [2.05, 4.69) is 10.3 Å². The molecule has 1 amide bonds. The number of imidazole rings is 1. The molecule has 2 aromatic carbocycles. The molecule has 2 aromatic heterocycles. The van der Waals surface area contributed by atoms with Crippen molar-refractivity contribution in [2.75, 3.05) is 5.32 Å². The molecular formula is C21H14F3N3O. The Morgan fingerprint density at radius 2 is 1.79 bits per heavy atom. The van der Waals surface area contributed by atoms with Gasteiger partial charge in [-0.2, -0.15) is 0 Å². The number of halogens is 3. The topological polar surface area (TPSA) is 46.4 Å². The molecule has 0 saturated carbocycles. The van der Waals surface area contributed by atoms with Gasteiger partial charge in [0.05, 0.1) is 5.56 Å². The number of carbonyl (C=O) groups excluding carboxylic acids is 1. The Morgan fingerprint density at radius 3 is 2.57 bits per heavy atom. The zero-order valence-corrected chi connectivity index (χ0v) is 14.7. The van der Waals surface area contributed by atoms with Crippen molar-refractivity contribution in [3.8, 4) is 11.3 Å². The van der Waals surface area contributed by atoms with Gasteiger partial charge in [-0.15, -0.1) is 0 Å². The lowest BCUT2D eigenvalue weighted by atomic mass is 10.1. The highest BCUT2D eigenvalue weighted by atomic mass is 19.1. The highest BCUT2D eigenvalue weighted by Gasteiger charge is 2.21. The molecule has 7 heteroatoms. The number of nitrogens with zero attached hydrogens (tertiary/aromatic N) is 2. The fraction of sp³-hybridized carbons (Fsp3) is 0.0476. The quantitative estimate of drug-likeness (QED) is 0.544. The minimum atomic E-state index is -0.724. The van der Waals surface area contributed by atoms with Crippen molar-refractivity contribution in [1.82, 2.24) is 9.38 Å². The Balaban J connectivity index is 1.90. The van der Waals surface area contributed by atoms with E-state index in [1.807, 2.05) is 6.92 Å². The van der Waals surface area contributed by atoms with Crippen molar-refractivity contribution in [2.45, 2.75) is 6.92 Å². The summed E-state index contributed by atoms with van der Waals surface area (Å²) in [5, 5.41) is 2.59. The van der Waals surface area contributed by atoms with Gasteiger partial charge in [-0.05, 0) is 55.0 Å². The van der Waals surface area contributed by atoms with E-state index in [0.29, 0.717) is 5.65 Å². The van der Waals surface area contributed by atoms with Crippen molar-refractivity contribution < 1.29 is 18.0 Å². The number of benzene rings is 2. The molecule has 4 nitrogen and oxygen atoms in total. The number of hydrogen-bond acceptors (Lipinski definition) is 2. The lowest BCUT2D eigenvalue weighted by Crippen LogP contribution is -2.15. The van der Waals surface area contributed by atoms with Gasteiger partial charge in [0.1, 0.15) is 34.6 Å². The molecule has 0 radical (unpaired) electrons. The van der Waals surface area contributed by atoms with Crippen LogP contribution in [0.1, 0.15) is 15.9 Å². The molecule has 140 valence electrons. The van der Waals surface area contributed by atoms with Gasteiger partial charge in [0, 0.05) is 11.8 Å². The molecule has 28 heavy (non-hydrogen) atoms. The monoisotopic (exact) mass is 381 g/mol.